The second-order valence-electron chi connectivity index (χ2n) is 8.31. The summed E-state index contributed by atoms with van der Waals surface area (Å²) >= 11 is 0. The Balaban J connectivity index is 1.61. The molecule has 1 aromatic heterocycles. The van der Waals surface area contributed by atoms with Crippen LogP contribution >= 0.6 is 0 Å². The molecule has 0 aliphatic carbocycles. The monoisotopic (exact) mass is 499 g/mol. The summed E-state index contributed by atoms with van der Waals surface area (Å²) in [4.78, 5) is 4.43. The first kappa shape index (κ1) is 25.8. The fourth-order valence-corrected chi connectivity index (χ4v) is 3.89. The molecule has 0 saturated carbocycles. The summed E-state index contributed by atoms with van der Waals surface area (Å²) in [6.07, 6.45) is 1.62. The third-order valence-corrected chi connectivity index (χ3v) is 5.77. The highest BCUT2D eigenvalue weighted by Gasteiger charge is 2.16. The zero-order valence-corrected chi connectivity index (χ0v) is 21.0. The number of nitriles is 1. The molecular formula is C29H29N3O5. The maximum Gasteiger partial charge on any atom is 0.163 e. The number of pyridine rings is 1. The number of aromatic nitrogens is 1. The van der Waals surface area contributed by atoms with Crippen molar-refractivity contribution < 1.29 is 24.1 Å². The molecule has 0 aliphatic rings. The highest BCUT2D eigenvalue weighted by molar-refractivity contribution is 5.97. The van der Waals surface area contributed by atoms with Crippen molar-refractivity contribution in [3.63, 3.8) is 0 Å². The van der Waals surface area contributed by atoms with E-state index >= 15 is 0 Å². The van der Waals surface area contributed by atoms with Crippen molar-refractivity contribution in [3.05, 3.63) is 78.0 Å². The third-order valence-electron chi connectivity index (χ3n) is 5.77. The van der Waals surface area contributed by atoms with Crippen molar-refractivity contribution >= 4 is 22.3 Å². The SMILES string of the molecule is CCc1ccccc1Oc1ccc(Nc2c(C#N)cnc3cc(OCC(O)COC)c(OC)cc23)cc1. The van der Waals surface area contributed by atoms with E-state index in [1.165, 1.54) is 20.4 Å². The minimum Gasteiger partial charge on any atom is -0.493 e. The van der Waals surface area contributed by atoms with E-state index in [0.29, 0.717) is 39.4 Å². The van der Waals surface area contributed by atoms with E-state index in [2.05, 4.69) is 29.4 Å². The number of benzene rings is 3. The Hall–Kier alpha value is -4.32. The molecule has 0 bridgehead atoms. The Kier molecular flexibility index (Phi) is 8.41. The largest absolute Gasteiger partial charge is 0.493 e. The first-order valence-corrected chi connectivity index (χ1v) is 11.9. The van der Waals surface area contributed by atoms with Crippen molar-refractivity contribution in [1.82, 2.24) is 4.98 Å². The van der Waals surface area contributed by atoms with Crippen LogP contribution in [0, 0.1) is 11.3 Å². The van der Waals surface area contributed by atoms with Gasteiger partial charge >= 0.3 is 0 Å². The number of fused-ring (bicyclic) bond motifs is 1. The van der Waals surface area contributed by atoms with Gasteiger partial charge in [-0.2, -0.15) is 5.26 Å². The van der Waals surface area contributed by atoms with E-state index in [9.17, 15) is 10.4 Å². The minimum atomic E-state index is -0.779. The molecule has 0 saturated heterocycles. The Morgan fingerprint density at radius 1 is 1.00 bits per heavy atom. The van der Waals surface area contributed by atoms with Crippen LogP contribution in [0.5, 0.6) is 23.0 Å². The second-order valence-corrected chi connectivity index (χ2v) is 8.31. The number of aryl methyl sites for hydroxylation is 1. The van der Waals surface area contributed by atoms with Crippen molar-refractivity contribution in [2.45, 2.75) is 19.4 Å². The number of para-hydroxylation sites is 1. The van der Waals surface area contributed by atoms with Gasteiger partial charge in [0, 0.05) is 30.4 Å². The van der Waals surface area contributed by atoms with E-state index in [0.717, 1.165) is 23.4 Å². The number of aliphatic hydroxyl groups excluding tert-OH is 1. The number of rotatable bonds is 11. The van der Waals surface area contributed by atoms with Crippen LogP contribution < -0.4 is 19.5 Å². The average Bonchev–Trinajstić information content (AvgIpc) is 2.93. The molecule has 0 radical (unpaired) electrons. The maximum absolute atomic E-state index is 9.93. The Labute approximate surface area is 216 Å². The van der Waals surface area contributed by atoms with Gasteiger partial charge in [0.25, 0.3) is 0 Å². The summed E-state index contributed by atoms with van der Waals surface area (Å²) in [7, 11) is 3.04. The van der Waals surface area contributed by atoms with Crippen LogP contribution in [0.25, 0.3) is 10.9 Å². The lowest BCUT2D eigenvalue weighted by Gasteiger charge is -2.17. The van der Waals surface area contributed by atoms with Crippen LogP contribution in [0.1, 0.15) is 18.1 Å². The Bertz CT molecular complexity index is 1400. The van der Waals surface area contributed by atoms with Crippen molar-refractivity contribution in [2.24, 2.45) is 0 Å². The number of nitrogens with zero attached hydrogens (tertiary/aromatic N) is 2. The molecule has 0 fully saturated rings. The zero-order chi connectivity index (χ0) is 26.2. The Morgan fingerprint density at radius 3 is 2.49 bits per heavy atom. The van der Waals surface area contributed by atoms with Crippen LogP contribution in [-0.4, -0.2) is 43.6 Å². The van der Waals surface area contributed by atoms with Crippen molar-refractivity contribution in [2.75, 3.05) is 32.8 Å². The number of anilines is 2. The van der Waals surface area contributed by atoms with Gasteiger partial charge in [-0.15, -0.1) is 0 Å². The number of aliphatic hydroxyl groups is 1. The summed E-state index contributed by atoms with van der Waals surface area (Å²) < 4.78 is 22.3. The van der Waals surface area contributed by atoms with Gasteiger partial charge < -0.3 is 29.4 Å². The summed E-state index contributed by atoms with van der Waals surface area (Å²) in [5, 5.41) is 23.7. The van der Waals surface area contributed by atoms with Gasteiger partial charge in [-0.25, -0.2) is 0 Å². The van der Waals surface area contributed by atoms with Gasteiger partial charge in [0.1, 0.15) is 30.3 Å². The topological polar surface area (TPSA) is 106 Å². The van der Waals surface area contributed by atoms with E-state index in [4.69, 9.17) is 18.9 Å². The number of methoxy groups -OCH3 is 2. The van der Waals surface area contributed by atoms with E-state index in [-0.39, 0.29) is 13.2 Å². The zero-order valence-electron chi connectivity index (χ0n) is 21.0. The summed E-state index contributed by atoms with van der Waals surface area (Å²) in [5.74, 6) is 2.43. The number of hydrogen-bond donors (Lipinski definition) is 2. The molecule has 2 N–H and O–H groups in total. The highest BCUT2D eigenvalue weighted by Crippen LogP contribution is 2.37. The molecule has 4 aromatic rings. The molecule has 4 rings (SSSR count). The lowest BCUT2D eigenvalue weighted by molar-refractivity contribution is 0.0319. The van der Waals surface area contributed by atoms with Crippen LogP contribution in [0.2, 0.25) is 0 Å². The van der Waals surface area contributed by atoms with Gasteiger partial charge in [-0.3, -0.25) is 4.98 Å². The molecule has 0 amide bonds. The molecule has 1 atom stereocenters. The maximum atomic E-state index is 9.93. The second kappa shape index (κ2) is 12.1. The standard InChI is InChI=1S/C29H29N3O5/c1-4-19-7-5-6-8-26(19)37-23-11-9-21(10-12-23)32-29-20(15-30)16-31-25-14-28(27(35-3)13-24(25)29)36-18-22(33)17-34-2/h5-14,16,22,33H,4,17-18H2,1-3H3,(H,31,32). The fourth-order valence-electron chi connectivity index (χ4n) is 3.89. The fraction of sp³-hybridized carbons (Fsp3) is 0.241. The van der Waals surface area contributed by atoms with E-state index < -0.39 is 6.10 Å². The smallest absolute Gasteiger partial charge is 0.163 e. The van der Waals surface area contributed by atoms with Gasteiger partial charge in [0.2, 0.25) is 0 Å². The average molecular weight is 500 g/mol. The van der Waals surface area contributed by atoms with Crippen LogP contribution in [0.4, 0.5) is 11.4 Å². The summed E-state index contributed by atoms with van der Waals surface area (Å²) in [6.45, 7) is 2.28. The first-order chi connectivity index (χ1) is 18.1. The molecule has 3 aromatic carbocycles. The number of nitrogens with one attached hydrogen (secondary N) is 1. The van der Waals surface area contributed by atoms with Crippen molar-refractivity contribution in [1.29, 1.82) is 5.26 Å². The molecule has 0 spiro atoms. The lowest BCUT2D eigenvalue weighted by Crippen LogP contribution is -2.22. The molecule has 37 heavy (non-hydrogen) atoms. The molecule has 0 aliphatic heterocycles. The molecule has 1 unspecified atom stereocenters. The third kappa shape index (κ3) is 6.09. The van der Waals surface area contributed by atoms with Gasteiger partial charge in [-0.05, 0) is 48.4 Å². The predicted molar refractivity (Wildman–Crippen MR) is 142 cm³/mol. The molecule has 1 heterocycles. The summed E-state index contributed by atoms with van der Waals surface area (Å²) in [6, 6.07) is 21.2. The first-order valence-electron chi connectivity index (χ1n) is 11.9. The van der Waals surface area contributed by atoms with Crippen molar-refractivity contribution in [3.8, 4) is 29.1 Å². The van der Waals surface area contributed by atoms with E-state index in [1.807, 2.05) is 42.5 Å². The molecule has 8 heteroatoms. The van der Waals surface area contributed by atoms with E-state index in [1.54, 1.807) is 12.1 Å². The van der Waals surface area contributed by atoms with Crippen LogP contribution in [-0.2, 0) is 11.2 Å². The van der Waals surface area contributed by atoms with Crippen LogP contribution in [0.3, 0.4) is 0 Å². The number of ether oxygens (including phenoxy) is 4. The quantitative estimate of drug-likeness (QED) is 0.275. The van der Waals surface area contributed by atoms with Gasteiger partial charge in [-0.1, -0.05) is 25.1 Å². The predicted octanol–water partition coefficient (Wildman–Crippen LogP) is 5.60. The summed E-state index contributed by atoms with van der Waals surface area (Å²) in [5.41, 5.74) is 3.51. The van der Waals surface area contributed by atoms with Crippen LogP contribution in [0.15, 0.2) is 66.9 Å². The molecular weight excluding hydrogens is 470 g/mol. The Morgan fingerprint density at radius 2 is 1.78 bits per heavy atom. The number of hydrogen-bond acceptors (Lipinski definition) is 8. The molecule has 190 valence electrons. The van der Waals surface area contributed by atoms with Gasteiger partial charge in [0.15, 0.2) is 11.5 Å². The minimum absolute atomic E-state index is 0.0360. The molecule has 8 nitrogen and oxygen atoms in total. The normalized spacial score (nSPS) is 11.5. The van der Waals surface area contributed by atoms with Gasteiger partial charge in [0.05, 0.1) is 30.5 Å². The highest BCUT2D eigenvalue weighted by atomic mass is 16.5. The lowest BCUT2D eigenvalue weighted by atomic mass is 10.1.